The Morgan fingerprint density at radius 2 is 2.19 bits per heavy atom. The van der Waals surface area contributed by atoms with Crippen LogP contribution in [0.15, 0.2) is 23.8 Å². The van der Waals surface area contributed by atoms with Crippen LogP contribution in [0, 0.1) is 6.92 Å². The van der Waals surface area contributed by atoms with E-state index < -0.39 is 0 Å². The standard InChI is InChI=1S/C19H26N6S/c1-14-21-18(16-6-12-26-19(16)22-14)25-8-4-5-15(13-25)17-20-7-9-24(17)11-10-23(2)3/h6-7,9,12,15H,4-5,8,10-11,13H2,1-3H3. The number of likely N-dealkylation sites (N-methyl/N-ethyl adjacent to an activating group) is 1. The van der Waals surface area contributed by atoms with Crippen LogP contribution in [0.5, 0.6) is 0 Å². The number of nitrogens with zero attached hydrogens (tertiary/aromatic N) is 6. The second-order valence-electron chi connectivity index (χ2n) is 7.30. The zero-order valence-corrected chi connectivity index (χ0v) is 16.5. The normalized spacial score (nSPS) is 18.2. The Labute approximate surface area is 158 Å². The van der Waals surface area contributed by atoms with Crippen molar-refractivity contribution in [3.05, 3.63) is 35.5 Å². The minimum atomic E-state index is 0.449. The molecule has 1 fully saturated rings. The molecule has 1 atom stereocenters. The molecular formula is C19H26N6S. The highest BCUT2D eigenvalue weighted by molar-refractivity contribution is 7.16. The van der Waals surface area contributed by atoms with Gasteiger partial charge in [-0.05, 0) is 45.3 Å². The number of aryl methyl sites for hydroxylation is 1. The van der Waals surface area contributed by atoms with Crippen LogP contribution >= 0.6 is 11.3 Å². The number of hydrogen-bond donors (Lipinski definition) is 0. The van der Waals surface area contributed by atoms with E-state index in [1.807, 2.05) is 13.1 Å². The van der Waals surface area contributed by atoms with Crippen LogP contribution in [0.1, 0.15) is 30.4 Å². The molecule has 1 saturated heterocycles. The third-order valence-electron chi connectivity index (χ3n) is 5.04. The third kappa shape index (κ3) is 3.46. The van der Waals surface area contributed by atoms with E-state index in [-0.39, 0.29) is 0 Å². The monoisotopic (exact) mass is 370 g/mol. The average Bonchev–Trinajstić information content (AvgIpc) is 3.28. The maximum absolute atomic E-state index is 4.78. The fraction of sp³-hybridized carbons (Fsp3) is 0.526. The van der Waals surface area contributed by atoms with Crippen molar-refractivity contribution >= 4 is 27.4 Å². The SMILES string of the molecule is Cc1nc(N2CCCC(c3nccn3CCN(C)C)C2)c2ccsc2n1. The highest BCUT2D eigenvalue weighted by Crippen LogP contribution is 2.33. The summed E-state index contributed by atoms with van der Waals surface area (Å²) < 4.78 is 2.32. The predicted molar refractivity (Wildman–Crippen MR) is 107 cm³/mol. The fourth-order valence-electron chi connectivity index (χ4n) is 3.74. The molecule has 3 aromatic rings. The molecule has 0 aliphatic carbocycles. The number of hydrogen-bond acceptors (Lipinski definition) is 6. The lowest BCUT2D eigenvalue weighted by Gasteiger charge is -2.34. The zero-order chi connectivity index (χ0) is 18.1. The predicted octanol–water partition coefficient (Wildman–Crippen LogP) is 3.14. The molecule has 1 aliphatic rings. The van der Waals surface area contributed by atoms with E-state index >= 15 is 0 Å². The van der Waals surface area contributed by atoms with Gasteiger partial charge in [-0.25, -0.2) is 15.0 Å². The van der Waals surface area contributed by atoms with Gasteiger partial charge in [-0.3, -0.25) is 0 Å². The van der Waals surface area contributed by atoms with Crippen molar-refractivity contribution in [1.82, 2.24) is 24.4 Å². The van der Waals surface area contributed by atoms with Gasteiger partial charge in [0.05, 0.1) is 5.39 Å². The van der Waals surface area contributed by atoms with Gasteiger partial charge in [0, 0.05) is 44.5 Å². The summed E-state index contributed by atoms with van der Waals surface area (Å²) in [5.74, 6) is 3.60. The van der Waals surface area contributed by atoms with Crippen molar-refractivity contribution in [3.8, 4) is 0 Å². The van der Waals surface area contributed by atoms with Gasteiger partial charge in [0.15, 0.2) is 0 Å². The van der Waals surface area contributed by atoms with Gasteiger partial charge in [-0.15, -0.1) is 11.3 Å². The summed E-state index contributed by atoms with van der Waals surface area (Å²) in [6.07, 6.45) is 6.41. The Morgan fingerprint density at radius 1 is 1.31 bits per heavy atom. The first kappa shape index (κ1) is 17.4. The van der Waals surface area contributed by atoms with Crippen molar-refractivity contribution < 1.29 is 0 Å². The Morgan fingerprint density at radius 3 is 3.04 bits per heavy atom. The first-order chi connectivity index (χ1) is 12.6. The third-order valence-corrected chi connectivity index (χ3v) is 5.85. The Hall–Kier alpha value is -1.99. The summed E-state index contributed by atoms with van der Waals surface area (Å²) in [4.78, 5) is 19.8. The van der Waals surface area contributed by atoms with E-state index in [0.717, 1.165) is 42.7 Å². The largest absolute Gasteiger partial charge is 0.355 e. The van der Waals surface area contributed by atoms with Crippen molar-refractivity contribution in [2.75, 3.05) is 38.6 Å². The molecule has 0 spiro atoms. The van der Waals surface area contributed by atoms with Gasteiger partial charge in [-0.2, -0.15) is 0 Å². The number of anilines is 1. The number of rotatable bonds is 5. The molecule has 0 N–H and O–H groups in total. The molecule has 0 aromatic carbocycles. The van der Waals surface area contributed by atoms with E-state index in [0.29, 0.717) is 5.92 Å². The van der Waals surface area contributed by atoms with Crippen LogP contribution in [0.25, 0.3) is 10.2 Å². The lowest BCUT2D eigenvalue weighted by molar-refractivity contribution is 0.373. The smallest absolute Gasteiger partial charge is 0.141 e. The molecule has 0 amide bonds. The molecule has 4 heterocycles. The first-order valence-electron chi connectivity index (χ1n) is 9.24. The molecular weight excluding hydrogens is 344 g/mol. The second-order valence-corrected chi connectivity index (χ2v) is 8.20. The first-order valence-corrected chi connectivity index (χ1v) is 10.1. The Kier molecular flexibility index (Phi) is 4.91. The highest BCUT2D eigenvalue weighted by atomic mass is 32.1. The summed E-state index contributed by atoms with van der Waals surface area (Å²) in [5.41, 5.74) is 0. The van der Waals surface area contributed by atoms with Gasteiger partial charge in [0.1, 0.15) is 22.3 Å². The van der Waals surface area contributed by atoms with Crippen LogP contribution in [0.4, 0.5) is 5.82 Å². The number of fused-ring (bicyclic) bond motifs is 1. The lowest BCUT2D eigenvalue weighted by atomic mass is 9.97. The number of thiophene rings is 1. The number of aromatic nitrogens is 4. The van der Waals surface area contributed by atoms with E-state index in [1.165, 1.54) is 24.1 Å². The molecule has 1 aliphatic heterocycles. The van der Waals surface area contributed by atoms with E-state index in [4.69, 9.17) is 9.97 Å². The van der Waals surface area contributed by atoms with Crippen LogP contribution < -0.4 is 4.90 Å². The summed E-state index contributed by atoms with van der Waals surface area (Å²) in [6, 6.07) is 2.15. The number of piperidine rings is 1. The maximum Gasteiger partial charge on any atom is 0.141 e. The van der Waals surface area contributed by atoms with Gasteiger partial charge >= 0.3 is 0 Å². The summed E-state index contributed by atoms with van der Waals surface area (Å²) in [6.45, 7) is 6.02. The molecule has 26 heavy (non-hydrogen) atoms. The van der Waals surface area contributed by atoms with Gasteiger partial charge < -0.3 is 14.4 Å². The lowest BCUT2D eigenvalue weighted by Crippen LogP contribution is -2.36. The second kappa shape index (κ2) is 7.32. The minimum absolute atomic E-state index is 0.449. The van der Waals surface area contributed by atoms with Crippen molar-refractivity contribution in [2.45, 2.75) is 32.2 Å². The average molecular weight is 371 g/mol. The quantitative estimate of drug-likeness (QED) is 0.691. The van der Waals surface area contributed by atoms with Crippen molar-refractivity contribution in [2.24, 2.45) is 0 Å². The molecule has 138 valence electrons. The van der Waals surface area contributed by atoms with Crippen molar-refractivity contribution in [1.29, 1.82) is 0 Å². The Bertz CT molecular complexity index is 883. The molecule has 0 bridgehead atoms. The molecule has 4 rings (SSSR count). The minimum Gasteiger partial charge on any atom is -0.355 e. The van der Waals surface area contributed by atoms with Gasteiger partial charge in [0.2, 0.25) is 0 Å². The van der Waals surface area contributed by atoms with Crippen LogP contribution in [0.3, 0.4) is 0 Å². The number of imidazole rings is 1. The topological polar surface area (TPSA) is 50.1 Å². The maximum atomic E-state index is 4.78. The van der Waals surface area contributed by atoms with Crippen molar-refractivity contribution in [3.63, 3.8) is 0 Å². The van der Waals surface area contributed by atoms with Crippen LogP contribution in [-0.4, -0.2) is 58.1 Å². The zero-order valence-electron chi connectivity index (χ0n) is 15.7. The van der Waals surface area contributed by atoms with Crippen LogP contribution in [0.2, 0.25) is 0 Å². The summed E-state index contributed by atoms with van der Waals surface area (Å²) in [7, 11) is 4.23. The summed E-state index contributed by atoms with van der Waals surface area (Å²) >= 11 is 1.69. The molecule has 0 saturated carbocycles. The highest BCUT2D eigenvalue weighted by Gasteiger charge is 2.27. The van der Waals surface area contributed by atoms with E-state index in [1.54, 1.807) is 11.3 Å². The molecule has 1 unspecified atom stereocenters. The molecule has 7 heteroatoms. The molecule has 3 aromatic heterocycles. The van der Waals surface area contributed by atoms with E-state index in [9.17, 15) is 0 Å². The fourth-order valence-corrected chi connectivity index (χ4v) is 4.55. The molecule has 6 nitrogen and oxygen atoms in total. The van der Waals surface area contributed by atoms with Gasteiger partial charge in [-0.1, -0.05) is 0 Å². The Balaban J connectivity index is 1.58. The van der Waals surface area contributed by atoms with Gasteiger partial charge in [0.25, 0.3) is 0 Å². The molecule has 0 radical (unpaired) electrons. The summed E-state index contributed by atoms with van der Waals surface area (Å²) in [5, 5.41) is 3.29. The van der Waals surface area contributed by atoms with Crippen LogP contribution in [-0.2, 0) is 6.54 Å². The van der Waals surface area contributed by atoms with E-state index in [2.05, 4.69) is 51.1 Å².